The fraction of sp³-hybridized carbons (Fsp3) is 0.391. The topological polar surface area (TPSA) is 9.23 Å². The largest absolute Gasteiger partial charge is 0.494 e. The Kier molecular flexibility index (Phi) is 8.26. The zero-order chi connectivity index (χ0) is 19.5. The van der Waals surface area contributed by atoms with E-state index in [1.165, 1.54) is 44.2 Å². The van der Waals surface area contributed by atoms with Crippen molar-refractivity contribution in [1.82, 2.24) is 0 Å². The maximum absolute atomic E-state index is 12.5. The van der Waals surface area contributed by atoms with Crippen molar-refractivity contribution < 1.29 is 17.9 Å². The van der Waals surface area contributed by atoms with Crippen LogP contribution in [0.3, 0.4) is 0 Å². The summed E-state index contributed by atoms with van der Waals surface area (Å²) in [5.41, 5.74) is 0.674. The maximum Gasteiger partial charge on any atom is 0.416 e. The summed E-state index contributed by atoms with van der Waals surface area (Å²) in [5.74, 6) is 6.64. The van der Waals surface area contributed by atoms with E-state index in [-0.39, 0.29) is 0 Å². The molecule has 144 valence electrons. The van der Waals surface area contributed by atoms with Crippen LogP contribution < -0.4 is 4.74 Å². The summed E-state index contributed by atoms with van der Waals surface area (Å²) < 4.78 is 43.3. The van der Waals surface area contributed by atoms with Crippen LogP contribution in [0.5, 0.6) is 5.75 Å². The molecule has 0 saturated carbocycles. The second kappa shape index (κ2) is 10.7. The lowest BCUT2D eigenvalue weighted by Crippen LogP contribution is -2.04. The molecule has 0 unspecified atom stereocenters. The van der Waals surface area contributed by atoms with E-state index in [1.807, 2.05) is 24.3 Å². The number of alkyl halides is 3. The summed E-state index contributed by atoms with van der Waals surface area (Å²) in [6, 6.07) is 12.3. The molecule has 0 saturated heterocycles. The first-order chi connectivity index (χ1) is 13.0. The molecule has 0 fully saturated rings. The Hall–Kier alpha value is -2.41. The lowest BCUT2D eigenvalue weighted by atomic mass is 10.1. The lowest BCUT2D eigenvalue weighted by Gasteiger charge is -2.06. The van der Waals surface area contributed by atoms with Crippen LogP contribution in [0.2, 0.25) is 0 Å². The number of ether oxygens (including phenoxy) is 1. The predicted octanol–water partition coefficient (Wildman–Crippen LogP) is 6.84. The zero-order valence-corrected chi connectivity index (χ0v) is 15.6. The molecule has 2 rings (SSSR count). The summed E-state index contributed by atoms with van der Waals surface area (Å²) in [4.78, 5) is 0. The van der Waals surface area contributed by atoms with Gasteiger partial charge in [0.2, 0.25) is 0 Å². The number of hydrogen-bond donors (Lipinski definition) is 0. The van der Waals surface area contributed by atoms with Gasteiger partial charge in [-0.05, 0) is 55.0 Å². The number of rotatable bonds is 8. The summed E-state index contributed by atoms with van der Waals surface area (Å²) in [7, 11) is 0. The second-order valence-electron chi connectivity index (χ2n) is 6.47. The average molecular weight is 374 g/mol. The summed E-state index contributed by atoms with van der Waals surface area (Å²) in [5, 5.41) is 0. The van der Waals surface area contributed by atoms with Gasteiger partial charge in [0, 0.05) is 11.1 Å². The van der Waals surface area contributed by atoms with Crippen LogP contribution in [-0.2, 0) is 6.18 Å². The normalized spacial score (nSPS) is 11.0. The highest BCUT2D eigenvalue weighted by molar-refractivity contribution is 5.45. The molecule has 0 aliphatic carbocycles. The van der Waals surface area contributed by atoms with E-state index in [4.69, 9.17) is 4.74 Å². The highest BCUT2D eigenvalue weighted by atomic mass is 19.4. The molecule has 0 aromatic heterocycles. The maximum atomic E-state index is 12.5. The molecule has 0 N–H and O–H groups in total. The van der Waals surface area contributed by atoms with Crippen molar-refractivity contribution >= 4 is 0 Å². The number of hydrogen-bond acceptors (Lipinski definition) is 1. The van der Waals surface area contributed by atoms with Crippen molar-refractivity contribution in [2.24, 2.45) is 0 Å². The van der Waals surface area contributed by atoms with Crippen LogP contribution >= 0.6 is 0 Å². The predicted molar refractivity (Wildman–Crippen MR) is 103 cm³/mol. The minimum absolute atomic E-state index is 0.548. The van der Waals surface area contributed by atoms with Gasteiger partial charge in [-0.15, -0.1) is 0 Å². The standard InChI is InChI=1S/C23H25F3O/c1-2-3-4-5-6-7-18-27-22-16-12-20(13-17-22)9-8-19-10-14-21(15-11-19)23(24,25)26/h10-17H,2-7,18H2,1H3. The van der Waals surface area contributed by atoms with Gasteiger partial charge < -0.3 is 4.74 Å². The Morgan fingerprint density at radius 1 is 0.741 bits per heavy atom. The van der Waals surface area contributed by atoms with Gasteiger partial charge in [-0.3, -0.25) is 0 Å². The Bertz CT molecular complexity index is 734. The lowest BCUT2D eigenvalue weighted by molar-refractivity contribution is -0.137. The molecular weight excluding hydrogens is 349 g/mol. The van der Waals surface area contributed by atoms with E-state index >= 15 is 0 Å². The molecule has 0 atom stereocenters. The van der Waals surface area contributed by atoms with Gasteiger partial charge in [0.05, 0.1) is 12.2 Å². The van der Waals surface area contributed by atoms with E-state index in [9.17, 15) is 13.2 Å². The Labute approximate surface area is 159 Å². The highest BCUT2D eigenvalue weighted by Gasteiger charge is 2.29. The first kappa shape index (κ1) is 20.9. The average Bonchev–Trinajstić information content (AvgIpc) is 2.66. The Balaban J connectivity index is 1.80. The van der Waals surface area contributed by atoms with Crippen LogP contribution in [0.25, 0.3) is 0 Å². The Morgan fingerprint density at radius 2 is 1.26 bits per heavy atom. The van der Waals surface area contributed by atoms with Gasteiger partial charge in [-0.1, -0.05) is 50.9 Å². The van der Waals surface area contributed by atoms with Crippen LogP contribution in [0.4, 0.5) is 13.2 Å². The van der Waals surface area contributed by atoms with E-state index in [2.05, 4.69) is 18.8 Å². The minimum Gasteiger partial charge on any atom is -0.494 e. The molecule has 0 aliphatic rings. The van der Waals surface area contributed by atoms with E-state index in [0.29, 0.717) is 12.2 Å². The molecule has 27 heavy (non-hydrogen) atoms. The first-order valence-corrected chi connectivity index (χ1v) is 9.41. The van der Waals surface area contributed by atoms with Crippen LogP contribution in [0.1, 0.15) is 62.1 Å². The van der Waals surface area contributed by atoms with Crippen molar-refractivity contribution in [3.05, 3.63) is 65.2 Å². The molecule has 0 amide bonds. The van der Waals surface area contributed by atoms with Crippen molar-refractivity contribution in [2.75, 3.05) is 6.61 Å². The molecule has 0 bridgehead atoms. The molecule has 2 aromatic rings. The van der Waals surface area contributed by atoms with Gasteiger partial charge in [-0.25, -0.2) is 0 Å². The number of halogens is 3. The fourth-order valence-electron chi connectivity index (χ4n) is 2.59. The molecule has 1 nitrogen and oxygen atoms in total. The van der Waals surface area contributed by atoms with Gasteiger partial charge in [-0.2, -0.15) is 13.2 Å². The molecule has 2 aromatic carbocycles. The van der Waals surface area contributed by atoms with Crippen molar-refractivity contribution in [3.8, 4) is 17.6 Å². The van der Waals surface area contributed by atoms with E-state index < -0.39 is 11.7 Å². The van der Waals surface area contributed by atoms with Gasteiger partial charge >= 0.3 is 6.18 Å². The molecule has 0 spiro atoms. The third-order valence-electron chi connectivity index (χ3n) is 4.18. The third-order valence-corrected chi connectivity index (χ3v) is 4.18. The fourth-order valence-corrected chi connectivity index (χ4v) is 2.59. The van der Waals surface area contributed by atoms with Crippen molar-refractivity contribution in [2.45, 2.75) is 51.6 Å². The number of benzene rings is 2. The van der Waals surface area contributed by atoms with Crippen molar-refractivity contribution in [1.29, 1.82) is 0 Å². The van der Waals surface area contributed by atoms with Gasteiger partial charge in [0.25, 0.3) is 0 Å². The first-order valence-electron chi connectivity index (χ1n) is 9.41. The molecule has 0 aliphatic heterocycles. The molecular formula is C23H25F3O. The smallest absolute Gasteiger partial charge is 0.416 e. The molecule has 4 heteroatoms. The van der Waals surface area contributed by atoms with Crippen LogP contribution in [0.15, 0.2) is 48.5 Å². The highest BCUT2D eigenvalue weighted by Crippen LogP contribution is 2.28. The summed E-state index contributed by atoms with van der Waals surface area (Å²) in [6.07, 6.45) is 3.03. The minimum atomic E-state index is -4.32. The number of unbranched alkanes of at least 4 members (excludes halogenated alkanes) is 5. The monoisotopic (exact) mass is 374 g/mol. The molecule has 0 radical (unpaired) electrons. The van der Waals surface area contributed by atoms with Gasteiger partial charge in [0.1, 0.15) is 5.75 Å². The van der Waals surface area contributed by atoms with Crippen LogP contribution in [0, 0.1) is 11.8 Å². The second-order valence-corrected chi connectivity index (χ2v) is 6.47. The van der Waals surface area contributed by atoms with Crippen LogP contribution in [-0.4, -0.2) is 6.61 Å². The van der Waals surface area contributed by atoms with E-state index in [1.54, 1.807) is 0 Å². The third kappa shape index (κ3) is 7.78. The Morgan fingerprint density at radius 3 is 1.81 bits per heavy atom. The quantitative estimate of drug-likeness (QED) is 0.363. The molecule has 0 heterocycles. The zero-order valence-electron chi connectivity index (χ0n) is 15.6. The summed E-state index contributed by atoms with van der Waals surface area (Å²) >= 11 is 0. The summed E-state index contributed by atoms with van der Waals surface area (Å²) in [6.45, 7) is 2.92. The van der Waals surface area contributed by atoms with E-state index in [0.717, 1.165) is 29.9 Å². The van der Waals surface area contributed by atoms with Crippen molar-refractivity contribution in [3.63, 3.8) is 0 Å². The van der Waals surface area contributed by atoms with Gasteiger partial charge in [0.15, 0.2) is 0 Å². The SMILES string of the molecule is CCCCCCCCOc1ccc(C#Cc2ccc(C(F)(F)F)cc2)cc1.